The van der Waals surface area contributed by atoms with Crippen molar-refractivity contribution in [3.8, 4) is 5.75 Å². The molecule has 1 fully saturated rings. The fourth-order valence-electron chi connectivity index (χ4n) is 2.22. The van der Waals surface area contributed by atoms with Gasteiger partial charge in [0.25, 0.3) is 5.91 Å². The van der Waals surface area contributed by atoms with Crippen molar-refractivity contribution in [1.82, 2.24) is 15.2 Å². The number of rotatable bonds is 7. The fourth-order valence-corrected chi connectivity index (χ4v) is 2.77. The first-order valence-electron chi connectivity index (χ1n) is 7.77. The number of thiazole rings is 1. The van der Waals surface area contributed by atoms with E-state index in [1.54, 1.807) is 30.8 Å². The number of carbonyl (C=O) groups excluding carboxylic acids is 2. The molecule has 3 rings (SSSR count). The van der Waals surface area contributed by atoms with Crippen LogP contribution < -0.4 is 10.1 Å². The quantitative estimate of drug-likeness (QED) is 0.834. The second-order valence-corrected chi connectivity index (χ2v) is 6.49. The Labute approximate surface area is 144 Å². The first-order chi connectivity index (χ1) is 11.6. The van der Waals surface area contributed by atoms with Crippen LogP contribution in [0.15, 0.2) is 35.2 Å². The van der Waals surface area contributed by atoms with Crippen LogP contribution in [0, 0.1) is 0 Å². The Balaban J connectivity index is 1.63. The fraction of sp³-hybridized carbons (Fsp3) is 0.353. The predicted molar refractivity (Wildman–Crippen MR) is 91.0 cm³/mol. The second-order valence-electron chi connectivity index (χ2n) is 5.77. The maximum atomic E-state index is 12.6. The third kappa shape index (κ3) is 4.32. The van der Waals surface area contributed by atoms with Gasteiger partial charge in [0.05, 0.1) is 23.3 Å². The third-order valence-electron chi connectivity index (χ3n) is 3.65. The topological polar surface area (TPSA) is 71.5 Å². The van der Waals surface area contributed by atoms with Gasteiger partial charge in [-0.1, -0.05) is 12.1 Å². The van der Waals surface area contributed by atoms with Crippen molar-refractivity contribution in [2.75, 3.05) is 13.6 Å². The number of nitrogens with one attached hydrogen (secondary N) is 1. The van der Waals surface area contributed by atoms with Gasteiger partial charge in [0.2, 0.25) is 5.91 Å². The number of hydrogen-bond donors (Lipinski definition) is 1. The molecule has 0 aliphatic heterocycles. The molecule has 1 saturated carbocycles. The van der Waals surface area contributed by atoms with Crippen LogP contribution in [0.2, 0.25) is 0 Å². The molecule has 0 unspecified atom stereocenters. The summed E-state index contributed by atoms with van der Waals surface area (Å²) in [4.78, 5) is 30.0. The maximum Gasteiger partial charge on any atom is 0.257 e. The summed E-state index contributed by atoms with van der Waals surface area (Å²) in [5.41, 5.74) is 3.00. The molecule has 0 spiro atoms. The largest absolute Gasteiger partial charge is 0.486 e. The van der Waals surface area contributed by atoms with Gasteiger partial charge in [0.15, 0.2) is 0 Å². The van der Waals surface area contributed by atoms with Crippen LogP contribution in [0.3, 0.4) is 0 Å². The average molecular weight is 345 g/mol. The molecule has 0 saturated heterocycles. The van der Waals surface area contributed by atoms with E-state index in [0.29, 0.717) is 17.9 Å². The van der Waals surface area contributed by atoms with Crippen molar-refractivity contribution in [1.29, 1.82) is 0 Å². The number of aromatic nitrogens is 1. The Hall–Kier alpha value is -2.41. The van der Waals surface area contributed by atoms with Crippen LogP contribution in [0.25, 0.3) is 0 Å². The molecule has 126 valence electrons. The van der Waals surface area contributed by atoms with Gasteiger partial charge < -0.3 is 15.0 Å². The van der Waals surface area contributed by atoms with Crippen molar-refractivity contribution >= 4 is 23.2 Å². The molecule has 1 aliphatic carbocycles. The summed E-state index contributed by atoms with van der Waals surface area (Å²) in [7, 11) is 1.62. The summed E-state index contributed by atoms with van der Waals surface area (Å²) >= 11 is 1.50. The Morgan fingerprint density at radius 2 is 2.17 bits per heavy atom. The molecule has 1 N–H and O–H groups in total. The number of nitrogens with zero attached hydrogens (tertiary/aromatic N) is 2. The van der Waals surface area contributed by atoms with Gasteiger partial charge >= 0.3 is 0 Å². The number of likely N-dealkylation sites (N-methyl/N-ethyl adjacent to an activating group) is 1. The Morgan fingerprint density at radius 1 is 1.38 bits per heavy atom. The van der Waals surface area contributed by atoms with Crippen LogP contribution in [0.4, 0.5) is 0 Å². The molecular weight excluding hydrogens is 326 g/mol. The monoisotopic (exact) mass is 345 g/mol. The number of para-hydroxylation sites is 1. The van der Waals surface area contributed by atoms with Gasteiger partial charge in [0, 0.05) is 18.5 Å². The van der Waals surface area contributed by atoms with E-state index in [-0.39, 0.29) is 24.4 Å². The second kappa shape index (κ2) is 7.44. The molecule has 1 aromatic carbocycles. The predicted octanol–water partition coefficient (Wildman–Crippen LogP) is 2.07. The average Bonchev–Trinajstić information content (AvgIpc) is 3.23. The van der Waals surface area contributed by atoms with Crippen LogP contribution in [0.1, 0.15) is 28.9 Å². The standard InChI is InChI=1S/C17H19N3O3S/c1-20(8-16(21)19-12-6-7-12)17(22)14-4-2-3-5-15(14)23-9-13-10-24-11-18-13/h2-5,10-12H,6-9H2,1H3,(H,19,21). The lowest BCUT2D eigenvalue weighted by Crippen LogP contribution is -2.39. The van der Waals surface area contributed by atoms with Crippen LogP contribution >= 0.6 is 11.3 Å². The molecular formula is C17H19N3O3S. The van der Waals surface area contributed by atoms with E-state index in [0.717, 1.165) is 18.5 Å². The lowest BCUT2D eigenvalue weighted by molar-refractivity contribution is -0.121. The molecule has 2 amide bonds. The van der Waals surface area contributed by atoms with Crippen LogP contribution in [-0.2, 0) is 11.4 Å². The lowest BCUT2D eigenvalue weighted by Gasteiger charge is -2.18. The Bertz CT molecular complexity index is 714. The normalized spacial score (nSPS) is 13.4. The minimum Gasteiger partial charge on any atom is -0.486 e. The van der Waals surface area contributed by atoms with Gasteiger partial charge in [-0.3, -0.25) is 9.59 Å². The molecule has 1 aliphatic rings. The number of hydrogen-bond acceptors (Lipinski definition) is 5. The zero-order valence-corrected chi connectivity index (χ0v) is 14.2. The lowest BCUT2D eigenvalue weighted by atomic mass is 10.1. The van der Waals surface area contributed by atoms with Crippen LogP contribution in [0.5, 0.6) is 5.75 Å². The van der Waals surface area contributed by atoms with E-state index in [1.165, 1.54) is 16.2 Å². The van der Waals surface area contributed by atoms with Crippen molar-refractivity contribution < 1.29 is 14.3 Å². The van der Waals surface area contributed by atoms with Gasteiger partial charge in [-0.25, -0.2) is 4.98 Å². The van der Waals surface area contributed by atoms with Crippen LogP contribution in [-0.4, -0.2) is 41.3 Å². The number of amides is 2. The zero-order chi connectivity index (χ0) is 16.9. The summed E-state index contributed by atoms with van der Waals surface area (Å²) in [5, 5.41) is 4.78. The SMILES string of the molecule is CN(CC(=O)NC1CC1)C(=O)c1ccccc1OCc1cscn1. The molecule has 6 nitrogen and oxygen atoms in total. The molecule has 0 atom stereocenters. The van der Waals surface area contributed by atoms with Gasteiger partial charge in [-0.05, 0) is 25.0 Å². The van der Waals surface area contributed by atoms with E-state index < -0.39 is 0 Å². The van der Waals surface area contributed by atoms with Crippen molar-refractivity contribution in [3.05, 3.63) is 46.4 Å². The number of benzene rings is 1. The summed E-state index contributed by atoms with van der Waals surface area (Å²) in [6, 6.07) is 7.33. The van der Waals surface area contributed by atoms with Crippen molar-refractivity contribution in [3.63, 3.8) is 0 Å². The Kier molecular flexibility index (Phi) is 5.10. The molecule has 7 heteroatoms. The third-order valence-corrected chi connectivity index (χ3v) is 4.28. The van der Waals surface area contributed by atoms with Gasteiger partial charge in [-0.15, -0.1) is 11.3 Å². The van der Waals surface area contributed by atoms with E-state index in [2.05, 4.69) is 10.3 Å². The summed E-state index contributed by atoms with van der Waals surface area (Å²) in [5.74, 6) is 0.119. The smallest absolute Gasteiger partial charge is 0.257 e. The highest BCUT2D eigenvalue weighted by Gasteiger charge is 2.25. The maximum absolute atomic E-state index is 12.6. The highest BCUT2D eigenvalue weighted by atomic mass is 32.1. The number of ether oxygens (including phenoxy) is 1. The summed E-state index contributed by atoms with van der Waals surface area (Å²) in [6.45, 7) is 0.343. The number of carbonyl (C=O) groups is 2. The molecule has 24 heavy (non-hydrogen) atoms. The Morgan fingerprint density at radius 3 is 2.88 bits per heavy atom. The first kappa shape index (κ1) is 16.4. The highest BCUT2D eigenvalue weighted by Crippen LogP contribution is 2.21. The minimum absolute atomic E-state index is 0.0375. The van der Waals surface area contributed by atoms with Crippen molar-refractivity contribution in [2.24, 2.45) is 0 Å². The van der Waals surface area contributed by atoms with E-state index >= 15 is 0 Å². The molecule has 0 bridgehead atoms. The van der Waals surface area contributed by atoms with Crippen molar-refractivity contribution in [2.45, 2.75) is 25.5 Å². The zero-order valence-electron chi connectivity index (χ0n) is 13.4. The van der Waals surface area contributed by atoms with Gasteiger partial charge in [0.1, 0.15) is 12.4 Å². The molecule has 1 aromatic heterocycles. The molecule has 2 aromatic rings. The van der Waals surface area contributed by atoms with E-state index in [1.807, 2.05) is 11.4 Å². The van der Waals surface area contributed by atoms with E-state index in [4.69, 9.17) is 4.74 Å². The minimum atomic E-state index is -0.241. The summed E-state index contributed by atoms with van der Waals surface area (Å²) < 4.78 is 5.73. The van der Waals surface area contributed by atoms with E-state index in [9.17, 15) is 9.59 Å². The first-order valence-corrected chi connectivity index (χ1v) is 8.71. The highest BCUT2D eigenvalue weighted by molar-refractivity contribution is 7.07. The van der Waals surface area contributed by atoms with Gasteiger partial charge in [-0.2, -0.15) is 0 Å². The molecule has 1 heterocycles. The molecule has 0 radical (unpaired) electrons. The summed E-state index contributed by atoms with van der Waals surface area (Å²) in [6.07, 6.45) is 2.05.